The molecule has 1 unspecified atom stereocenters. The molecule has 1 aliphatic heterocycles. The molecular formula is C24H23NO2. The predicted octanol–water partition coefficient (Wildman–Crippen LogP) is 4.79. The molecule has 1 amide bonds. The van der Waals surface area contributed by atoms with Crippen molar-refractivity contribution in [1.82, 2.24) is 4.90 Å². The molecule has 136 valence electrons. The minimum absolute atomic E-state index is 0.0670. The second-order valence-electron chi connectivity index (χ2n) is 6.99. The number of amides is 1. The zero-order chi connectivity index (χ0) is 18.8. The first-order chi connectivity index (χ1) is 13.2. The van der Waals surface area contributed by atoms with E-state index >= 15 is 0 Å². The lowest BCUT2D eigenvalue weighted by Gasteiger charge is -2.38. The summed E-state index contributed by atoms with van der Waals surface area (Å²) in [6, 6.07) is 24.1. The summed E-state index contributed by atoms with van der Waals surface area (Å²) >= 11 is 0. The number of methoxy groups -OCH3 is 1. The molecule has 0 fully saturated rings. The van der Waals surface area contributed by atoms with E-state index < -0.39 is 0 Å². The van der Waals surface area contributed by atoms with Crippen LogP contribution < -0.4 is 4.74 Å². The molecule has 1 heterocycles. The maximum atomic E-state index is 13.4. The minimum atomic E-state index is -0.112. The lowest BCUT2D eigenvalue weighted by atomic mass is 9.87. The van der Waals surface area contributed by atoms with E-state index in [4.69, 9.17) is 4.74 Å². The van der Waals surface area contributed by atoms with Gasteiger partial charge in [-0.15, -0.1) is 0 Å². The third-order valence-electron chi connectivity index (χ3n) is 5.26. The molecule has 3 aromatic rings. The molecule has 3 nitrogen and oxygen atoms in total. The second-order valence-corrected chi connectivity index (χ2v) is 6.99. The molecular weight excluding hydrogens is 334 g/mol. The van der Waals surface area contributed by atoms with Crippen molar-refractivity contribution in [2.75, 3.05) is 13.7 Å². The molecule has 0 aromatic heterocycles. The average molecular weight is 357 g/mol. The number of fused-ring (bicyclic) bond motifs is 1. The largest absolute Gasteiger partial charge is 0.497 e. The zero-order valence-electron chi connectivity index (χ0n) is 15.7. The van der Waals surface area contributed by atoms with Crippen LogP contribution in [0.2, 0.25) is 0 Å². The number of carbonyl (C=O) groups is 1. The first-order valence-corrected chi connectivity index (χ1v) is 9.27. The van der Waals surface area contributed by atoms with Gasteiger partial charge < -0.3 is 9.64 Å². The molecule has 0 bridgehead atoms. The van der Waals surface area contributed by atoms with Gasteiger partial charge in [-0.25, -0.2) is 0 Å². The van der Waals surface area contributed by atoms with Crippen LogP contribution in [0.1, 0.15) is 38.7 Å². The highest BCUT2D eigenvalue weighted by Gasteiger charge is 2.32. The minimum Gasteiger partial charge on any atom is -0.497 e. The quantitative estimate of drug-likeness (QED) is 0.674. The summed E-state index contributed by atoms with van der Waals surface area (Å²) in [5, 5.41) is 0. The van der Waals surface area contributed by atoms with Crippen molar-refractivity contribution >= 4 is 5.91 Å². The highest BCUT2D eigenvalue weighted by atomic mass is 16.5. The Bertz CT molecular complexity index is 948. The number of hydrogen-bond donors (Lipinski definition) is 0. The van der Waals surface area contributed by atoms with Gasteiger partial charge in [-0.05, 0) is 54.3 Å². The normalized spacial score (nSPS) is 15.9. The molecule has 0 radical (unpaired) electrons. The Balaban J connectivity index is 1.81. The van der Waals surface area contributed by atoms with Gasteiger partial charge in [0.05, 0.1) is 13.2 Å². The summed E-state index contributed by atoms with van der Waals surface area (Å²) in [6.07, 6.45) is 0.847. The third kappa shape index (κ3) is 3.33. The summed E-state index contributed by atoms with van der Waals surface area (Å²) in [5.41, 5.74) is 5.42. The van der Waals surface area contributed by atoms with Crippen molar-refractivity contribution in [2.24, 2.45) is 0 Å². The first kappa shape index (κ1) is 17.3. The van der Waals surface area contributed by atoms with E-state index in [1.807, 2.05) is 60.4 Å². The van der Waals surface area contributed by atoms with Crippen LogP contribution in [0.5, 0.6) is 5.75 Å². The van der Waals surface area contributed by atoms with Crippen LogP contribution in [-0.4, -0.2) is 24.5 Å². The molecule has 0 aliphatic carbocycles. The van der Waals surface area contributed by atoms with Crippen LogP contribution in [0.25, 0.3) is 0 Å². The Morgan fingerprint density at radius 1 is 1.00 bits per heavy atom. The second kappa shape index (κ2) is 7.28. The van der Waals surface area contributed by atoms with Crippen molar-refractivity contribution in [3.63, 3.8) is 0 Å². The molecule has 3 heteroatoms. The molecule has 0 saturated carbocycles. The fourth-order valence-corrected chi connectivity index (χ4v) is 3.80. The standard InChI is InChI=1S/C24H23NO2/c1-17-8-10-20(11-9-17)24(26)25-15-14-18-12-13-21(27-2)16-22(18)23(25)19-6-4-3-5-7-19/h3-13,16,23H,14-15H2,1-2H3. The van der Waals surface area contributed by atoms with Gasteiger partial charge in [0.15, 0.2) is 0 Å². The maximum Gasteiger partial charge on any atom is 0.254 e. The highest BCUT2D eigenvalue weighted by molar-refractivity contribution is 5.95. The molecule has 1 aliphatic rings. The molecule has 4 rings (SSSR count). The lowest BCUT2D eigenvalue weighted by molar-refractivity contribution is 0.0694. The van der Waals surface area contributed by atoms with E-state index in [2.05, 4.69) is 24.3 Å². The maximum absolute atomic E-state index is 13.4. The van der Waals surface area contributed by atoms with Crippen LogP contribution in [0.3, 0.4) is 0 Å². The number of rotatable bonds is 3. The van der Waals surface area contributed by atoms with Gasteiger partial charge >= 0.3 is 0 Å². The summed E-state index contributed by atoms with van der Waals surface area (Å²) in [7, 11) is 1.68. The van der Waals surface area contributed by atoms with E-state index in [1.54, 1.807) is 7.11 Å². The van der Waals surface area contributed by atoms with Crippen molar-refractivity contribution in [3.05, 3.63) is 101 Å². The third-order valence-corrected chi connectivity index (χ3v) is 5.26. The SMILES string of the molecule is COc1ccc2c(c1)C(c1ccccc1)N(C(=O)c1ccc(C)cc1)CC2. The van der Waals surface area contributed by atoms with E-state index in [1.165, 1.54) is 5.56 Å². The molecule has 3 aromatic carbocycles. The van der Waals surface area contributed by atoms with Crippen LogP contribution in [0, 0.1) is 6.92 Å². The Morgan fingerprint density at radius 2 is 1.74 bits per heavy atom. The number of ether oxygens (including phenoxy) is 1. The molecule has 0 spiro atoms. The van der Waals surface area contributed by atoms with Crippen molar-refractivity contribution < 1.29 is 9.53 Å². The predicted molar refractivity (Wildman–Crippen MR) is 107 cm³/mol. The monoisotopic (exact) mass is 357 g/mol. The van der Waals surface area contributed by atoms with E-state index in [0.29, 0.717) is 6.54 Å². The van der Waals surface area contributed by atoms with Gasteiger partial charge in [-0.1, -0.05) is 54.1 Å². The van der Waals surface area contributed by atoms with E-state index in [0.717, 1.165) is 34.4 Å². The number of carbonyl (C=O) groups excluding carboxylic acids is 1. The Kier molecular flexibility index (Phi) is 4.68. The van der Waals surface area contributed by atoms with Gasteiger partial charge in [0.2, 0.25) is 0 Å². The summed E-state index contributed by atoms with van der Waals surface area (Å²) in [5.74, 6) is 0.886. The lowest BCUT2D eigenvalue weighted by Crippen LogP contribution is -2.40. The number of benzene rings is 3. The van der Waals surface area contributed by atoms with Gasteiger partial charge in [0, 0.05) is 12.1 Å². The van der Waals surface area contributed by atoms with Gasteiger partial charge in [-0.2, -0.15) is 0 Å². The topological polar surface area (TPSA) is 29.5 Å². The van der Waals surface area contributed by atoms with E-state index in [-0.39, 0.29) is 11.9 Å². The molecule has 1 atom stereocenters. The highest BCUT2D eigenvalue weighted by Crippen LogP contribution is 2.37. The molecule has 0 saturated heterocycles. The van der Waals surface area contributed by atoms with Crippen LogP contribution in [0.15, 0.2) is 72.8 Å². The van der Waals surface area contributed by atoms with Gasteiger partial charge in [0.1, 0.15) is 5.75 Å². The summed E-state index contributed by atoms with van der Waals surface area (Å²) in [6.45, 7) is 2.73. The van der Waals surface area contributed by atoms with Crippen molar-refractivity contribution in [3.8, 4) is 5.75 Å². The van der Waals surface area contributed by atoms with Gasteiger partial charge in [-0.3, -0.25) is 4.79 Å². The number of hydrogen-bond acceptors (Lipinski definition) is 2. The Hall–Kier alpha value is -3.07. The van der Waals surface area contributed by atoms with Crippen LogP contribution >= 0.6 is 0 Å². The Morgan fingerprint density at radius 3 is 2.44 bits per heavy atom. The Labute approximate surface area is 160 Å². The molecule has 0 N–H and O–H groups in total. The zero-order valence-corrected chi connectivity index (χ0v) is 15.7. The van der Waals surface area contributed by atoms with Crippen LogP contribution in [0.4, 0.5) is 0 Å². The van der Waals surface area contributed by atoms with Crippen molar-refractivity contribution in [2.45, 2.75) is 19.4 Å². The fourth-order valence-electron chi connectivity index (χ4n) is 3.80. The summed E-state index contributed by atoms with van der Waals surface area (Å²) < 4.78 is 5.45. The van der Waals surface area contributed by atoms with Gasteiger partial charge in [0.25, 0.3) is 5.91 Å². The smallest absolute Gasteiger partial charge is 0.254 e. The number of aryl methyl sites for hydroxylation is 1. The average Bonchev–Trinajstić information content (AvgIpc) is 2.73. The first-order valence-electron chi connectivity index (χ1n) is 9.27. The fraction of sp³-hybridized carbons (Fsp3) is 0.208. The van der Waals surface area contributed by atoms with Crippen molar-refractivity contribution in [1.29, 1.82) is 0 Å². The number of nitrogens with zero attached hydrogens (tertiary/aromatic N) is 1. The summed E-state index contributed by atoms with van der Waals surface area (Å²) in [4.78, 5) is 15.3. The van der Waals surface area contributed by atoms with E-state index in [9.17, 15) is 4.79 Å². The van der Waals surface area contributed by atoms with Crippen LogP contribution in [-0.2, 0) is 6.42 Å². The molecule has 27 heavy (non-hydrogen) atoms.